The maximum absolute atomic E-state index is 6.02. The third-order valence-corrected chi connectivity index (χ3v) is 2.12. The molecular weight excluding hydrogens is 196 g/mol. The lowest BCUT2D eigenvalue weighted by Crippen LogP contribution is -2.19. The molecule has 0 fully saturated rings. The number of benzene rings is 1. The Balaban J connectivity index is 2.68. The third kappa shape index (κ3) is 3.46. The maximum Gasteiger partial charge on any atom is 0.0657 e. The van der Waals surface area contributed by atoms with Crippen LogP contribution >= 0.6 is 11.6 Å². The highest BCUT2D eigenvalue weighted by molar-refractivity contribution is 6.33. The molecule has 1 aromatic rings. The highest BCUT2D eigenvalue weighted by Crippen LogP contribution is 2.25. The number of anilines is 2. The summed E-state index contributed by atoms with van der Waals surface area (Å²) < 4.78 is 0. The number of nitrogens with two attached hydrogens (primary N) is 1. The third-order valence-electron chi connectivity index (χ3n) is 1.80. The Morgan fingerprint density at radius 2 is 2.00 bits per heavy atom. The Morgan fingerprint density at radius 1 is 1.36 bits per heavy atom. The average molecular weight is 213 g/mol. The van der Waals surface area contributed by atoms with Gasteiger partial charge in [-0.15, -0.1) is 0 Å². The Kier molecular flexibility index (Phi) is 3.27. The van der Waals surface area contributed by atoms with Crippen LogP contribution in [0.4, 0.5) is 11.4 Å². The predicted octanol–water partition coefficient (Wildman–Crippen LogP) is 3.38. The van der Waals surface area contributed by atoms with E-state index in [1.807, 2.05) is 12.1 Å². The highest BCUT2D eigenvalue weighted by Gasteiger charge is 2.10. The van der Waals surface area contributed by atoms with Crippen molar-refractivity contribution in [1.82, 2.24) is 0 Å². The number of hydrogen-bond donors (Lipinski definition) is 2. The van der Waals surface area contributed by atoms with Crippen molar-refractivity contribution in [3.05, 3.63) is 23.2 Å². The monoisotopic (exact) mass is 212 g/mol. The summed E-state index contributed by atoms with van der Waals surface area (Å²) in [4.78, 5) is 0. The average Bonchev–Trinajstić information content (AvgIpc) is 2.00. The van der Waals surface area contributed by atoms with Crippen LogP contribution < -0.4 is 11.1 Å². The SMILES string of the molecule is CC(C)(C)CNc1ccc(N)cc1Cl. The van der Waals surface area contributed by atoms with Gasteiger partial charge in [-0.05, 0) is 23.6 Å². The molecule has 1 aromatic carbocycles. The van der Waals surface area contributed by atoms with Crippen molar-refractivity contribution in [1.29, 1.82) is 0 Å². The van der Waals surface area contributed by atoms with Crippen LogP contribution in [-0.4, -0.2) is 6.54 Å². The molecule has 0 aliphatic heterocycles. The van der Waals surface area contributed by atoms with Crippen LogP contribution in [0, 0.1) is 5.41 Å². The van der Waals surface area contributed by atoms with E-state index in [0.717, 1.165) is 12.2 Å². The molecule has 0 heterocycles. The van der Waals surface area contributed by atoms with Crippen molar-refractivity contribution >= 4 is 23.0 Å². The second-order valence-electron chi connectivity index (χ2n) is 4.65. The van der Waals surface area contributed by atoms with Crippen molar-refractivity contribution < 1.29 is 0 Å². The molecule has 2 nitrogen and oxygen atoms in total. The lowest BCUT2D eigenvalue weighted by atomic mass is 9.97. The maximum atomic E-state index is 6.02. The first kappa shape index (κ1) is 11.2. The van der Waals surface area contributed by atoms with Gasteiger partial charge in [0.25, 0.3) is 0 Å². The quantitative estimate of drug-likeness (QED) is 0.738. The number of nitrogen functional groups attached to an aromatic ring is 1. The molecule has 0 saturated carbocycles. The van der Waals surface area contributed by atoms with Gasteiger partial charge in [-0.25, -0.2) is 0 Å². The molecule has 14 heavy (non-hydrogen) atoms. The molecule has 0 atom stereocenters. The Hall–Kier alpha value is -0.890. The van der Waals surface area contributed by atoms with Crippen LogP contribution in [0.3, 0.4) is 0 Å². The summed E-state index contributed by atoms with van der Waals surface area (Å²) in [6.45, 7) is 7.40. The number of halogens is 1. The van der Waals surface area contributed by atoms with Crippen molar-refractivity contribution in [3.8, 4) is 0 Å². The van der Waals surface area contributed by atoms with Gasteiger partial charge in [-0.1, -0.05) is 32.4 Å². The highest BCUT2D eigenvalue weighted by atomic mass is 35.5. The molecular formula is C11H17ClN2. The van der Waals surface area contributed by atoms with E-state index in [1.54, 1.807) is 6.07 Å². The first-order valence-corrected chi connectivity index (χ1v) is 5.05. The molecule has 0 unspecified atom stereocenters. The van der Waals surface area contributed by atoms with Gasteiger partial charge in [0.1, 0.15) is 0 Å². The van der Waals surface area contributed by atoms with Crippen LogP contribution in [0.25, 0.3) is 0 Å². The van der Waals surface area contributed by atoms with Gasteiger partial charge < -0.3 is 11.1 Å². The zero-order valence-corrected chi connectivity index (χ0v) is 9.65. The standard InChI is InChI=1S/C11H17ClN2/c1-11(2,3)7-14-10-5-4-8(13)6-9(10)12/h4-6,14H,7,13H2,1-3H3. The minimum Gasteiger partial charge on any atom is -0.399 e. The van der Waals surface area contributed by atoms with Crippen molar-refractivity contribution in [2.24, 2.45) is 5.41 Å². The number of nitrogens with one attached hydrogen (secondary N) is 1. The molecule has 3 N–H and O–H groups in total. The van der Waals surface area contributed by atoms with Crippen LogP contribution in [0.1, 0.15) is 20.8 Å². The van der Waals surface area contributed by atoms with Crippen LogP contribution in [0.15, 0.2) is 18.2 Å². The topological polar surface area (TPSA) is 38.0 Å². The second kappa shape index (κ2) is 4.09. The molecule has 0 saturated heterocycles. The summed E-state index contributed by atoms with van der Waals surface area (Å²) in [6.07, 6.45) is 0. The van der Waals surface area contributed by atoms with Gasteiger partial charge in [0, 0.05) is 12.2 Å². The van der Waals surface area contributed by atoms with E-state index in [0.29, 0.717) is 10.7 Å². The van der Waals surface area contributed by atoms with Gasteiger partial charge in [0.15, 0.2) is 0 Å². The molecule has 1 rings (SSSR count). The Labute approximate surface area is 90.4 Å². The molecule has 0 bridgehead atoms. The summed E-state index contributed by atoms with van der Waals surface area (Å²) >= 11 is 6.02. The summed E-state index contributed by atoms with van der Waals surface area (Å²) in [6, 6.07) is 5.51. The molecule has 0 spiro atoms. The van der Waals surface area contributed by atoms with E-state index in [1.165, 1.54) is 0 Å². The largest absolute Gasteiger partial charge is 0.399 e. The molecule has 0 radical (unpaired) electrons. The first-order valence-electron chi connectivity index (χ1n) is 4.67. The Bertz CT molecular complexity index is 316. The van der Waals surface area contributed by atoms with E-state index in [2.05, 4.69) is 26.1 Å². The minimum atomic E-state index is 0.241. The fraction of sp³-hybridized carbons (Fsp3) is 0.455. The summed E-state index contributed by atoms with van der Waals surface area (Å²) in [5.41, 5.74) is 7.47. The molecule has 3 heteroatoms. The molecule has 0 aliphatic carbocycles. The molecule has 78 valence electrons. The molecule has 0 aliphatic rings. The zero-order chi connectivity index (χ0) is 10.8. The zero-order valence-electron chi connectivity index (χ0n) is 8.89. The fourth-order valence-corrected chi connectivity index (χ4v) is 1.29. The van der Waals surface area contributed by atoms with Crippen LogP contribution in [-0.2, 0) is 0 Å². The predicted molar refractivity (Wildman–Crippen MR) is 63.8 cm³/mol. The van der Waals surface area contributed by atoms with Gasteiger partial charge in [-0.2, -0.15) is 0 Å². The van der Waals surface area contributed by atoms with Gasteiger partial charge in [0.05, 0.1) is 10.7 Å². The molecule has 0 amide bonds. The van der Waals surface area contributed by atoms with E-state index in [-0.39, 0.29) is 5.41 Å². The lowest BCUT2D eigenvalue weighted by Gasteiger charge is -2.20. The summed E-state index contributed by atoms with van der Waals surface area (Å²) in [5, 5.41) is 3.97. The smallest absolute Gasteiger partial charge is 0.0657 e. The van der Waals surface area contributed by atoms with Crippen molar-refractivity contribution in [3.63, 3.8) is 0 Å². The van der Waals surface area contributed by atoms with Crippen molar-refractivity contribution in [2.75, 3.05) is 17.6 Å². The van der Waals surface area contributed by atoms with E-state index in [9.17, 15) is 0 Å². The Morgan fingerprint density at radius 3 is 2.50 bits per heavy atom. The number of hydrogen-bond acceptors (Lipinski definition) is 2. The first-order chi connectivity index (χ1) is 6.38. The summed E-state index contributed by atoms with van der Waals surface area (Å²) in [7, 11) is 0. The molecule has 0 aromatic heterocycles. The second-order valence-corrected chi connectivity index (χ2v) is 5.06. The minimum absolute atomic E-state index is 0.241. The summed E-state index contributed by atoms with van der Waals surface area (Å²) in [5.74, 6) is 0. The van der Waals surface area contributed by atoms with Gasteiger partial charge in [-0.3, -0.25) is 0 Å². The fourth-order valence-electron chi connectivity index (χ4n) is 1.04. The van der Waals surface area contributed by atoms with Crippen LogP contribution in [0.5, 0.6) is 0 Å². The lowest BCUT2D eigenvalue weighted by molar-refractivity contribution is 0.443. The van der Waals surface area contributed by atoms with Gasteiger partial charge >= 0.3 is 0 Å². The van der Waals surface area contributed by atoms with E-state index >= 15 is 0 Å². The van der Waals surface area contributed by atoms with E-state index < -0.39 is 0 Å². The van der Waals surface area contributed by atoms with Crippen molar-refractivity contribution in [2.45, 2.75) is 20.8 Å². The van der Waals surface area contributed by atoms with Gasteiger partial charge in [0.2, 0.25) is 0 Å². The number of rotatable bonds is 2. The normalized spacial score (nSPS) is 11.4. The van der Waals surface area contributed by atoms with Crippen LogP contribution in [0.2, 0.25) is 5.02 Å². The van der Waals surface area contributed by atoms with E-state index in [4.69, 9.17) is 17.3 Å².